The Bertz CT molecular complexity index is 1200. The van der Waals surface area contributed by atoms with Crippen molar-refractivity contribution >= 4 is 28.9 Å². The molecule has 1 fully saturated rings. The van der Waals surface area contributed by atoms with Crippen molar-refractivity contribution in [1.82, 2.24) is 35.1 Å². The molecule has 0 aliphatic carbocycles. The van der Waals surface area contributed by atoms with Gasteiger partial charge in [-0.15, -0.1) is 0 Å². The number of aryl methyl sites for hydroxylation is 1. The van der Waals surface area contributed by atoms with Crippen molar-refractivity contribution in [3.05, 3.63) is 58.8 Å². The lowest BCUT2D eigenvalue weighted by Crippen LogP contribution is -2.49. The summed E-state index contributed by atoms with van der Waals surface area (Å²) in [6.45, 7) is 1.13. The zero-order chi connectivity index (χ0) is 20.8. The van der Waals surface area contributed by atoms with Crippen molar-refractivity contribution in [3.8, 4) is 0 Å². The van der Waals surface area contributed by atoms with Crippen LogP contribution in [-0.4, -0.2) is 42.2 Å². The number of aromatic nitrogens is 4. The first-order valence-corrected chi connectivity index (χ1v) is 8.70. The van der Waals surface area contributed by atoms with Crippen molar-refractivity contribution in [1.29, 1.82) is 0 Å². The highest BCUT2D eigenvalue weighted by atomic mass is 16.2. The minimum absolute atomic E-state index is 0.259. The van der Waals surface area contributed by atoms with Crippen molar-refractivity contribution in [2.45, 2.75) is 19.0 Å². The largest absolute Gasteiger partial charge is 0.344 e. The summed E-state index contributed by atoms with van der Waals surface area (Å²) in [5.41, 5.74) is 1.47. The van der Waals surface area contributed by atoms with E-state index in [2.05, 4.69) is 20.8 Å². The number of benzene rings is 1. The molecule has 3 aromatic rings. The second-order valence-electron chi connectivity index (χ2n) is 6.78. The number of hydrogen-bond donors (Lipinski definition) is 2. The molecule has 1 saturated heterocycles. The van der Waals surface area contributed by atoms with Gasteiger partial charge >= 0.3 is 6.03 Å². The molecule has 0 radical (unpaired) electrons. The first-order chi connectivity index (χ1) is 13.8. The van der Waals surface area contributed by atoms with Crippen LogP contribution in [0.4, 0.5) is 4.79 Å². The maximum Gasteiger partial charge on any atom is 0.344 e. The van der Waals surface area contributed by atoms with Crippen LogP contribution in [0.25, 0.3) is 11.0 Å². The maximum absolute atomic E-state index is 12.8. The molecule has 148 valence electrons. The molecule has 2 N–H and O–H groups in total. The van der Waals surface area contributed by atoms with E-state index in [-0.39, 0.29) is 5.39 Å². The highest BCUT2D eigenvalue weighted by Crippen LogP contribution is 2.27. The Morgan fingerprint density at radius 1 is 1.21 bits per heavy atom. The van der Waals surface area contributed by atoms with Gasteiger partial charge in [0.05, 0.1) is 6.20 Å². The lowest BCUT2D eigenvalue weighted by Gasteiger charge is -2.22. The SMILES string of the molecule is Cn1ncc2c(=O)n(CC(=O)NN3C(=O)NC(C)(c4ccccc4)C3=O)cnc21. The number of fused-ring (bicyclic) bond motifs is 1. The van der Waals surface area contributed by atoms with Crippen molar-refractivity contribution < 1.29 is 14.4 Å². The van der Waals surface area contributed by atoms with Crippen LogP contribution in [0.3, 0.4) is 0 Å². The van der Waals surface area contributed by atoms with E-state index < -0.39 is 35.5 Å². The van der Waals surface area contributed by atoms with E-state index in [0.717, 1.165) is 4.57 Å². The van der Waals surface area contributed by atoms with E-state index in [1.807, 2.05) is 0 Å². The molecule has 2 aromatic heterocycles. The van der Waals surface area contributed by atoms with Gasteiger partial charge in [0.2, 0.25) is 0 Å². The van der Waals surface area contributed by atoms with E-state index in [0.29, 0.717) is 16.2 Å². The fourth-order valence-corrected chi connectivity index (χ4v) is 3.20. The molecular formula is C18H17N7O4. The molecular weight excluding hydrogens is 378 g/mol. The van der Waals surface area contributed by atoms with Gasteiger partial charge in [0.1, 0.15) is 23.8 Å². The molecule has 1 unspecified atom stereocenters. The fraction of sp³-hybridized carbons (Fsp3) is 0.222. The Balaban J connectivity index is 1.53. The zero-order valence-electron chi connectivity index (χ0n) is 15.6. The third-order valence-electron chi connectivity index (χ3n) is 4.81. The van der Waals surface area contributed by atoms with Crippen molar-refractivity contribution in [2.24, 2.45) is 7.05 Å². The monoisotopic (exact) mass is 395 g/mol. The van der Waals surface area contributed by atoms with Crippen LogP contribution in [0.1, 0.15) is 12.5 Å². The molecule has 1 aliphatic rings. The third-order valence-corrected chi connectivity index (χ3v) is 4.81. The normalized spacial score (nSPS) is 18.9. The number of carbonyl (C=O) groups is 3. The molecule has 3 heterocycles. The second-order valence-corrected chi connectivity index (χ2v) is 6.78. The first-order valence-electron chi connectivity index (χ1n) is 8.70. The molecule has 0 saturated carbocycles. The quantitative estimate of drug-likeness (QED) is 0.580. The van der Waals surface area contributed by atoms with Crippen LogP contribution >= 0.6 is 0 Å². The van der Waals surface area contributed by atoms with Gasteiger partial charge in [-0.2, -0.15) is 10.1 Å². The van der Waals surface area contributed by atoms with Crippen LogP contribution in [0, 0.1) is 0 Å². The summed E-state index contributed by atoms with van der Waals surface area (Å²) in [6.07, 6.45) is 2.58. The molecule has 0 bridgehead atoms. The number of rotatable bonds is 4. The predicted octanol–water partition coefficient (Wildman–Crippen LogP) is -0.372. The number of hydrazine groups is 1. The number of urea groups is 1. The first kappa shape index (κ1) is 18.3. The summed E-state index contributed by atoms with van der Waals surface area (Å²) in [5.74, 6) is -1.35. The topological polar surface area (TPSA) is 131 Å². The number of nitrogens with zero attached hydrogens (tertiary/aromatic N) is 5. The minimum Gasteiger partial charge on any atom is -0.318 e. The van der Waals surface area contributed by atoms with E-state index in [1.54, 1.807) is 44.3 Å². The molecule has 1 atom stereocenters. The second kappa shape index (κ2) is 6.55. The van der Waals surface area contributed by atoms with Gasteiger partial charge in [0, 0.05) is 7.05 Å². The lowest BCUT2D eigenvalue weighted by molar-refractivity contribution is -0.139. The Morgan fingerprint density at radius 3 is 2.66 bits per heavy atom. The van der Waals surface area contributed by atoms with Gasteiger partial charge in [-0.1, -0.05) is 30.3 Å². The number of hydrogen-bond acceptors (Lipinski definition) is 6. The van der Waals surface area contributed by atoms with Gasteiger partial charge in [-0.25, -0.2) is 9.78 Å². The summed E-state index contributed by atoms with van der Waals surface area (Å²) >= 11 is 0. The predicted molar refractivity (Wildman–Crippen MR) is 100 cm³/mol. The highest BCUT2D eigenvalue weighted by molar-refractivity contribution is 6.08. The van der Waals surface area contributed by atoms with Gasteiger partial charge in [0.15, 0.2) is 5.65 Å². The molecule has 4 rings (SSSR count). The van der Waals surface area contributed by atoms with Crippen molar-refractivity contribution in [2.75, 3.05) is 0 Å². The fourth-order valence-electron chi connectivity index (χ4n) is 3.20. The van der Waals surface area contributed by atoms with Gasteiger partial charge in [0.25, 0.3) is 17.4 Å². The Labute approximate surface area is 163 Å². The van der Waals surface area contributed by atoms with E-state index in [9.17, 15) is 19.2 Å². The Kier molecular flexibility index (Phi) is 4.14. The van der Waals surface area contributed by atoms with Gasteiger partial charge < -0.3 is 5.32 Å². The molecule has 4 amide bonds. The van der Waals surface area contributed by atoms with E-state index >= 15 is 0 Å². The minimum atomic E-state index is -1.31. The van der Waals surface area contributed by atoms with Crippen LogP contribution in [0.2, 0.25) is 0 Å². The van der Waals surface area contributed by atoms with E-state index in [4.69, 9.17) is 0 Å². The molecule has 1 aromatic carbocycles. The van der Waals surface area contributed by atoms with Crippen LogP contribution < -0.4 is 16.3 Å². The number of amides is 4. The maximum atomic E-state index is 12.8. The number of nitrogens with one attached hydrogen (secondary N) is 2. The summed E-state index contributed by atoms with van der Waals surface area (Å²) in [4.78, 5) is 54.1. The Hall–Kier alpha value is -4.02. The molecule has 11 nitrogen and oxygen atoms in total. The molecule has 11 heteroatoms. The van der Waals surface area contributed by atoms with E-state index in [1.165, 1.54) is 17.2 Å². The van der Waals surface area contributed by atoms with Gasteiger partial charge in [-0.3, -0.25) is 29.1 Å². The average Bonchev–Trinajstić information content (AvgIpc) is 3.18. The van der Waals surface area contributed by atoms with Crippen molar-refractivity contribution in [3.63, 3.8) is 0 Å². The molecule has 0 spiro atoms. The van der Waals surface area contributed by atoms with Crippen LogP contribution in [0.5, 0.6) is 0 Å². The highest BCUT2D eigenvalue weighted by Gasteiger charge is 2.49. The summed E-state index contributed by atoms with van der Waals surface area (Å²) in [5, 5.41) is 7.42. The lowest BCUT2D eigenvalue weighted by atomic mass is 9.92. The standard InChI is InChI=1S/C18H17N7O4/c1-18(11-6-4-3-5-7-11)16(28)25(17(29)21-18)22-13(26)9-24-10-19-14-12(15(24)27)8-20-23(14)2/h3-8,10H,9H2,1-2H3,(H,21,29)(H,22,26). The average molecular weight is 395 g/mol. The number of imide groups is 1. The summed E-state index contributed by atoms with van der Waals surface area (Å²) in [6, 6.07) is 7.93. The molecule has 29 heavy (non-hydrogen) atoms. The van der Waals surface area contributed by atoms with Gasteiger partial charge in [-0.05, 0) is 12.5 Å². The third kappa shape index (κ3) is 2.92. The smallest absolute Gasteiger partial charge is 0.318 e. The summed E-state index contributed by atoms with van der Waals surface area (Å²) in [7, 11) is 1.65. The molecule has 1 aliphatic heterocycles. The summed E-state index contributed by atoms with van der Waals surface area (Å²) < 4.78 is 2.52. The Morgan fingerprint density at radius 2 is 1.93 bits per heavy atom. The van der Waals surface area contributed by atoms with Crippen LogP contribution in [0.15, 0.2) is 47.7 Å². The number of carbonyl (C=O) groups excluding carboxylic acids is 3. The van der Waals surface area contributed by atoms with Crippen LogP contribution in [-0.2, 0) is 28.7 Å². The zero-order valence-corrected chi connectivity index (χ0v) is 15.6.